The molecule has 0 radical (unpaired) electrons. The van der Waals surface area contributed by atoms with E-state index in [1.54, 1.807) is 0 Å². The van der Waals surface area contributed by atoms with Gasteiger partial charge < -0.3 is 5.32 Å². The summed E-state index contributed by atoms with van der Waals surface area (Å²) in [4.78, 5) is 2.55. The average molecular weight is 493 g/mol. The molecule has 2 nitrogen and oxygen atoms in total. The molecule has 2 heteroatoms. The van der Waals surface area contributed by atoms with Gasteiger partial charge in [-0.25, -0.2) is 0 Å². The van der Waals surface area contributed by atoms with Crippen LogP contribution in [0.4, 0.5) is 0 Å². The molecular weight excluding hydrogens is 424 g/mol. The fraction of sp³-hybridized carbons (Fsp3) is 1.00. The van der Waals surface area contributed by atoms with E-state index in [9.17, 15) is 0 Å². The summed E-state index contributed by atoms with van der Waals surface area (Å²) in [6, 6.07) is 1.62. The number of rotatable bonds is 3. The van der Waals surface area contributed by atoms with E-state index in [1.807, 2.05) is 0 Å². The molecule has 0 saturated heterocycles. The molecule has 2 unspecified atom stereocenters. The van der Waals surface area contributed by atoms with Crippen LogP contribution < -0.4 is 5.32 Å². The van der Waals surface area contributed by atoms with Crippen molar-refractivity contribution in [1.29, 1.82) is 0 Å². The maximum atomic E-state index is 3.69. The van der Waals surface area contributed by atoms with Gasteiger partial charge in [0.2, 0.25) is 0 Å². The lowest BCUT2D eigenvalue weighted by Crippen LogP contribution is -2.45. The number of nitrogens with one attached hydrogen (secondary N) is 1. The summed E-state index contributed by atoms with van der Waals surface area (Å²) in [5, 5.41) is 3.69. The predicted molar refractivity (Wildman–Crippen MR) is 159 cm³/mol. The minimum atomic E-state index is 0.293. The smallest absolute Gasteiger partial charge is 0.0124 e. The van der Waals surface area contributed by atoms with Crippen molar-refractivity contribution < 1.29 is 0 Å². The van der Waals surface area contributed by atoms with E-state index in [1.165, 1.54) is 96.3 Å². The van der Waals surface area contributed by atoms with Gasteiger partial charge in [0.05, 0.1) is 0 Å². The van der Waals surface area contributed by atoms with Gasteiger partial charge in [-0.2, -0.15) is 0 Å². The second kappa shape index (κ2) is 15.4. The Morgan fingerprint density at radius 3 is 1.60 bits per heavy atom. The molecule has 0 aromatic carbocycles. The van der Waals surface area contributed by atoms with Crippen LogP contribution in [0.3, 0.4) is 0 Å². The first-order valence-electron chi connectivity index (χ1n) is 15.6. The predicted octanol–water partition coefficient (Wildman–Crippen LogP) is 10.0. The van der Waals surface area contributed by atoms with E-state index in [0.29, 0.717) is 16.5 Å². The molecule has 3 fully saturated rings. The molecular formula is C33H68N2. The zero-order valence-corrected chi connectivity index (χ0v) is 26.4. The minimum Gasteiger partial charge on any atom is -0.309 e. The molecule has 0 aromatic heterocycles. The van der Waals surface area contributed by atoms with Crippen molar-refractivity contribution >= 4 is 0 Å². The van der Waals surface area contributed by atoms with Gasteiger partial charge in [-0.15, -0.1) is 0 Å². The molecule has 210 valence electrons. The molecule has 3 aliphatic rings. The van der Waals surface area contributed by atoms with Crippen molar-refractivity contribution in [2.45, 2.75) is 189 Å². The molecule has 0 spiro atoms. The van der Waals surface area contributed by atoms with Gasteiger partial charge in [0, 0.05) is 23.2 Å². The standard InChI is InChI=1S/2C11H23N.C11H22/c1-9-6-5-7-10(8-9)12-11(2,3)4;1-11(2,3)12(4)10-8-6-5-7-9-10;1-11(2,3)9-10-7-5-4-6-8-10/h9-10,12H,5-8H2,1-4H3;10H,5-9H2,1-4H3;10H,4-9H2,1-3H3. The van der Waals surface area contributed by atoms with Gasteiger partial charge >= 0.3 is 0 Å². The topological polar surface area (TPSA) is 15.3 Å². The van der Waals surface area contributed by atoms with Gasteiger partial charge in [0.15, 0.2) is 0 Å². The van der Waals surface area contributed by atoms with Gasteiger partial charge in [-0.3, -0.25) is 4.90 Å². The first-order chi connectivity index (χ1) is 16.1. The maximum absolute atomic E-state index is 3.69. The Balaban J connectivity index is 0.000000263. The Morgan fingerprint density at radius 1 is 0.657 bits per heavy atom. The van der Waals surface area contributed by atoms with Crippen molar-refractivity contribution in [3.63, 3.8) is 0 Å². The quantitative estimate of drug-likeness (QED) is 0.421. The minimum absolute atomic E-state index is 0.293. The molecule has 3 saturated carbocycles. The number of hydrogen-bond acceptors (Lipinski definition) is 2. The molecule has 0 heterocycles. The molecule has 3 aliphatic carbocycles. The van der Waals surface area contributed by atoms with Crippen molar-refractivity contribution in [2.75, 3.05) is 7.05 Å². The molecule has 2 atom stereocenters. The fourth-order valence-corrected chi connectivity index (χ4v) is 6.45. The Bertz CT molecular complexity index is 521. The third-order valence-electron chi connectivity index (χ3n) is 8.38. The van der Waals surface area contributed by atoms with E-state index in [4.69, 9.17) is 0 Å². The van der Waals surface area contributed by atoms with Gasteiger partial charge in [0.25, 0.3) is 0 Å². The molecule has 0 aromatic rings. The zero-order chi connectivity index (χ0) is 26.7. The van der Waals surface area contributed by atoms with Crippen LogP contribution in [0.1, 0.15) is 166 Å². The molecule has 0 amide bonds. The summed E-state index contributed by atoms with van der Waals surface area (Å²) in [6.07, 6.45) is 21.6. The Labute approximate surface area is 223 Å². The van der Waals surface area contributed by atoms with Gasteiger partial charge in [-0.05, 0) is 97.9 Å². The molecule has 1 N–H and O–H groups in total. The van der Waals surface area contributed by atoms with Crippen LogP contribution >= 0.6 is 0 Å². The largest absolute Gasteiger partial charge is 0.309 e. The summed E-state index contributed by atoms with van der Waals surface area (Å²) in [5.41, 5.74) is 1.20. The third-order valence-corrected chi connectivity index (χ3v) is 8.38. The van der Waals surface area contributed by atoms with E-state index >= 15 is 0 Å². The summed E-state index contributed by atoms with van der Waals surface area (Å²) < 4.78 is 0. The lowest BCUT2D eigenvalue weighted by Gasteiger charge is -2.40. The van der Waals surface area contributed by atoms with Crippen LogP contribution in [-0.4, -0.2) is 35.1 Å². The maximum Gasteiger partial charge on any atom is 0.0124 e. The lowest BCUT2D eigenvalue weighted by molar-refractivity contribution is 0.0912. The van der Waals surface area contributed by atoms with E-state index in [0.717, 1.165) is 23.9 Å². The lowest BCUT2D eigenvalue weighted by atomic mass is 9.78. The van der Waals surface area contributed by atoms with Crippen LogP contribution in [0.25, 0.3) is 0 Å². The molecule has 0 bridgehead atoms. The SMILES string of the molecule is CC(C)(C)CC1CCCCC1.CC1CCCC(NC(C)(C)C)C1.CN(C1CCCCC1)C(C)(C)C. The normalized spacial score (nSPS) is 25.4. The van der Waals surface area contributed by atoms with Crippen LogP contribution in [0.2, 0.25) is 0 Å². The van der Waals surface area contributed by atoms with Crippen LogP contribution in [-0.2, 0) is 0 Å². The van der Waals surface area contributed by atoms with E-state index in [-0.39, 0.29) is 0 Å². The van der Waals surface area contributed by atoms with Crippen LogP contribution in [0.5, 0.6) is 0 Å². The van der Waals surface area contributed by atoms with Crippen molar-refractivity contribution in [1.82, 2.24) is 10.2 Å². The highest BCUT2D eigenvalue weighted by Gasteiger charge is 2.26. The summed E-state index contributed by atoms with van der Waals surface area (Å²) in [6.45, 7) is 23.1. The second-order valence-corrected chi connectivity index (χ2v) is 15.7. The molecule has 0 aliphatic heterocycles. The monoisotopic (exact) mass is 493 g/mol. The summed E-state index contributed by atoms with van der Waals surface area (Å²) >= 11 is 0. The highest BCUT2D eigenvalue weighted by molar-refractivity contribution is 4.83. The Kier molecular flexibility index (Phi) is 14.5. The summed E-state index contributed by atoms with van der Waals surface area (Å²) in [7, 11) is 2.27. The van der Waals surface area contributed by atoms with Gasteiger partial charge in [-0.1, -0.05) is 91.9 Å². The van der Waals surface area contributed by atoms with Crippen LogP contribution in [0.15, 0.2) is 0 Å². The second-order valence-electron chi connectivity index (χ2n) is 15.7. The van der Waals surface area contributed by atoms with Gasteiger partial charge in [0.1, 0.15) is 0 Å². The highest BCUT2D eigenvalue weighted by Crippen LogP contribution is 2.33. The Hall–Kier alpha value is -0.0800. The fourth-order valence-electron chi connectivity index (χ4n) is 6.45. The van der Waals surface area contributed by atoms with Crippen molar-refractivity contribution in [3.8, 4) is 0 Å². The van der Waals surface area contributed by atoms with E-state index < -0.39 is 0 Å². The van der Waals surface area contributed by atoms with E-state index in [2.05, 4.69) is 86.5 Å². The van der Waals surface area contributed by atoms with Crippen molar-refractivity contribution in [2.24, 2.45) is 17.3 Å². The zero-order valence-electron chi connectivity index (χ0n) is 26.4. The van der Waals surface area contributed by atoms with Crippen LogP contribution in [0, 0.1) is 17.3 Å². The first-order valence-corrected chi connectivity index (χ1v) is 15.6. The first kappa shape index (κ1) is 32.9. The third kappa shape index (κ3) is 16.4. The summed E-state index contributed by atoms with van der Waals surface area (Å²) in [5.74, 6) is 1.97. The number of nitrogens with zero attached hydrogens (tertiary/aromatic N) is 1. The molecule has 35 heavy (non-hydrogen) atoms. The molecule has 3 rings (SSSR count). The number of hydrogen-bond donors (Lipinski definition) is 1. The average Bonchev–Trinajstić information content (AvgIpc) is 2.72. The Morgan fingerprint density at radius 2 is 1.17 bits per heavy atom. The van der Waals surface area contributed by atoms with Crippen molar-refractivity contribution in [3.05, 3.63) is 0 Å². The highest BCUT2D eigenvalue weighted by atomic mass is 15.2.